The molecule has 8 heteroatoms. The van der Waals surface area contributed by atoms with Crippen molar-refractivity contribution in [2.75, 3.05) is 39.3 Å². The summed E-state index contributed by atoms with van der Waals surface area (Å²) in [5.41, 5.74) is -0.00113. The lowest BCUT2D eigenvalue weighted by atomic mass is 9.97. The van der Waals surface area contributed by atoms with Crippen LogP contribution in [0.1, 0.15) is 49.9 Å². The van der Waals surface area contributed by atoms with Crippen molar-refractivity contribution in [1.82, 2.24) is 20.0 Å². The number of hydrogen-bond donors (Lipinski definition) is 0. The van der Waals surface area contributed by atoms with Crippen molar-refractivity contribution in [3.63, 3.8) is 0 Å². The van der Waals surface area contributed by atoms with Crippen LogP contribution in [-0.2, 0) is 0 Å². The van der Waals surface area contributed by atoms with Crippen molar-refractivity contribution in [2.24, 2.45) is 5.92 Å². The molecule has 0 saturated carbocycles. The van der Waals surface area contributed by atoms with E-state index in [4.69, 9.17) is 4.74 Å². The molecule has 2 aromatic rings. The minimum atomic E-state index is -1.17. The fourth-order valence-corrected chi connectivity index (χ4v) is 4.54. The SMILES string of the molecule is CC(C)(F)CN1CCC(COc2ccc(-c3ccc(C(=O)N4CCCC4)c(F)c3)nn2)CC1. The number of halogens is 2. The zero-order valence-corrected chi connectivity index (χ0v) is 19.4. The molecule has 0 spiro atoms. The Morgan fingerprint density at radius 3 is 2.42 bits per heavy atom. The van der Waals surface area contributed by atoms with Gasteiger partial charge in [0.05, 0.1) is 17.9 Å². The molecule has 1 amide bonds. The van der Waals surface area contributed by atoms with Gasteiger partial charge in [-0.15, -0.1) is 10.2 Å². The molecule has 4 rings (SSSR count). The molecule has 6 nitrogen and oxygen atoms in total. The molecular formula is C25H32F2N4O2. The highest BCUT2D eigenvalue weighted by molar-refractivity contribution is 5.95. The first-order valence-electron chi connectivity index (χ1n) is 11.8. The minimum Gasteiger partial charge on any atom is -0.476 e. The van der Waals surface area contributed by atoms with Gasteiger partial charge in [-0.25, -0.2) is 8.78 Å². The van der Waals surface area contributed by atoms with Gasteiger partial charge < -0.3 is 14.5 Å². The molecule has 2 fully saturated rings. The molecule has 0 N–H and O–H groups in total. The van der Waals surface area contributed by atoms with E-state index in [9.17, 15) is 13.6 Å². The number of hydrogen-bond acceptors (Lipinski definition) is 5. The predicted molar refractivity (Wildman–Crippen MR) is 122 cm³/mol. The lowest BCUT2D eigenvalue weighted by molar-refractivity contribution is 0.0788. The zero-order valence-electron chi connectivity index (χ0n) is 19.4. The summed E-state index contributed by atoms with van der Waals surface area (Å²) in [5, 5.41) is 8.29. The standard InChI is InChI=1S/C25H32F2N4O2/c1-25(2,27)17-30-13-9-18(10-14-30)16-33-23-8-7-22(28-29-23)19-5-6-20(21(26)15-19)24(32)31-11-3-4-12-31/h5-8,15,18H,3-4,9-14,16-17H2,1-2H3. The van der Waals surface area contributed by atoms with Crippen LogP contribution in [0.5, 0.6) is 5.88 Å². The lowest BCUT2D eigenvalue weighted by Gasteiger charge is -2.34. The van der Waals surface area contributed by atoms with Crippen LogP contribution in [0, 0.1) is 11.7 Å². The van der Waals surface area contributed by atoms with Crippen LogP contribution in [0.3, 0.4) is 0 Å². The van der Waals surface area contributed by atoms with Crippen molar-refractivity contribution in [1.29, 1.82) is 0 Å². The third kappa shape index (κ3) is 6.25. The van der Waals surface area contributed by atoms with E-state index < -0.39 is 11.5 Å². The Balaban J connectivity index is 1.30. The van der Waals surface area contributed by atoms with E-state index in [1.807, 2.05) is 0 Å². The van der Waals surface area contributed by atoms with Crippen LogP contribution in [0.25, 0.3) is 11.3 Å². The van der Waals surface area contributed by atoms with Crippen molar-refractivity contribution in [2.45, 2.75) is 45.2 Å². The second-order valence-electron chi connectivity index (χ2n) is 9.70. The molecule has 1 aromatic heterocycles. The highest BCUT2D eigenvalue weighted by atomic mass is 19.1. The van der Waals surface area contributed by atoms with E-state index in [1.54, 1.807) is 36.9 Å². The lowest BCUT2D eigenvalue weighted by Crippen LogP contribution is -2.41. The normalized spacial score (nSPS) is 18.0. The molecule has 0 unspecified atom stereocenters. The number of ether oxygens (including phenoxy) is 1. The number of piperidine rings is 1. The average Bonchev–Trinajstić information content (AvgIpc) is 3.32. The number of amides is 1. The minimum absolute atomic E-state index is 0.0923. The number of benzene rings is 1. The summed E-state index contributed by atoms with van der Waals surface area (Å²) in [5.74, 6) is 0.0206. The highest BCUT2D eigenvalue weighted by Gasteiger charge is 2.26. The maximum atomic E-state index is 14.6. The highest BCUT2D eigenvalue weighted by Crippen LogP contribution is 2.24. The fraction of sp³-hybridized carbons (Fsp3) is 0.560. The maximum Gasteiger partial charge on any atom is 0.256 e. The summed E-state index contributed by atoms with van der Waals surface area (Å²) >= 11 is 0. The van der Waals surface area contributed by atoms with E-state index in [0.717, 1.165) is 38.8 Å². The van der Waals surface area contributed by atoms with Crippen molar-refractivity contribution in [3.8, 4) is 17.1 Å². The van der Waals surface area contributed by atoms with Gasteiger partial charge in [0.15, 0.2) is 0 Å². The first-order chi connectivity index (χ1) is 15.8. The van der Waals surface area contributed by atoms with Crippen LogP contribution in [0.4, 0.5) is 8.78 Å². The molecule has 2 saturated heterocycles. The number of nitrogens with zero attached hydrogens (tertiary/aromatic N) is 4. The number of alkyl halides is 1. The summed E-state index contributed by atoms with van der Waals surface area (Å²) in [6.45, 7) is 7.33. The number of carbonyl (C=O) groups is 1. The number of rotatable bonds is 7. The molecular weight excluding hydrogens is 426 g/mol. The fourth-order valence-electron chi connectivity index (χ4n) is 4.54. The molecule has 0 bridgehead atoms. The van der Waals surface area contributed by atoms with Gasteiger partial charge in [-0.3, -0.25) is 4.79 Å². The van der Waals surface area contributed by atoms with Crippen molar-refractivity contribution in [3.05, 3.63) is 41.7 Å². The Hall–Kier alpha value is -2.61. The van der Waals surface area contributed by atoms with Gasteiger partial charge in [0.25, 0.3) is 5.91 Å². The second kappa shape index (κ2) is 10.1. The molecule has 3 heterocycles. The molecule has 0 atom stereocenters. The molecule has 178 valence electrons. The number of likely N-dealkylation sites (tertiary alicyclic amines) is 2. The van der Waals surface area contributed by atoms with Gasteiger partial charge in [0.1, 0.15) is 11.5 Å². The van der Waals surface area contributed by atoms with Gasteiger partial charge in [-0.1, -0.05) is 6.07 Å². The molecule has 1 aromatic carbocycles. The number of carbonyl (C=O) groups excluding carboxylic acids is 1. The van der Waals surface area contributed by atoms with Crippen LogP contribution < -0.4 is 4.74 Å². The molecule has 2 aliphatic rings. The van der Waals surface area contributed by atoms with E-state index in [1.165, 1.54) is 12.1 Å². The maximum absolute atomic E-state index is 14.6. The Morgan fingerprint density at radius 1 is 1.09 bits per heavy atom. The monoisotopic (exact) mass is 458 g/mol. The molecule has 0 radical (unpaired) electrons. The average molecular weight is 459 g/mol. The third-order valence-electron chi connectivity index (χ3n) is 6.30. The van der Waals surface area contributed by atoms with Gasteiger partial charge in [-0.2, -0.15) is 0 Å². The third-order valence-corrected chi connectivity index (χ3v) is 6.30. The Labute approximate surface area is 193 Å². The topological polar surface area (TPSA) is 58.6 Å². The van der Waals surface area contributed by atoms with Crippen LogP contribution in [0.2, 0.25) is 0 Å². The predicted octanol–water partition coefficient (Wildman–Crippen LogP) is 4.36. The molecule has 2 aliphatic heterocycles. The van der Waals surface area contributed by atoms with Gasteiger partial charge in [0.2, 0.25) is 5.88 Å². The van der Waals surface area contributed by atoms with E-state index in [-0.39, 0.29) is 11.5 Å². The van der Waals surface area contributed by atoms with Gasteiger partial charge >= 0.3 is 0 Å². The molecule has 33 heavy (non-hydrogen) atoms. The first-order valence-corrected chi connectivity index (χ1v) is 11.8. The summed E-state index contributed by atoms with van der Waals surface area (Å²) < 4.78 is 34.2. The van der Waals surface area contributed by atoms with E-state index in [2.05, 4.69) is 15.1 Å². The van der Waals surface area contributed by atoms with Crippen molar-refractivity contribution >= 4 is 5.91 Å². The van der Waals surface area contributed by atoms with Crippen LogP contribution in [0.15, 0.2) is 30.3 Å². The van der Waals surface area contributed by atoms with Gasteiger partial charge in [0, 0.05) is 31.3 Å². The first kappa shape index (κ1) is 23.5. The molecule has 0 aliphatic carbocycles. The Kier molecular flexibility index (Phi) is 7.22. The summed E-state index contributed by atoms with van der Waals surface area (Å²) in [6.07, 6.45) is 3.85. The second-order valence-corrected chi connectivity index (χ2v) is 9.70. The van der Waals surface area contributed by atoms with Gasteiger partial charge in [-0.05, 0) is 76.7 Å². The largest absolute Gasteiger partial charge is 0.476 e. The van der Waals surface area contributed by atoms with E-state index >= 15 is 0 Å². The summed E-state index contributed by atoms with van der Waals surface area (Å²) in [4.78, 5) is 16.3. The summed E-state index contributed by atoms with van der Waals surface area (Å²) in [6, 6.07) is 8.02. The number of aromatic nitrogens is 2. The summed E-state index contributed by atoms with van der Waals surface area (Å²) in [7, 11) is 0. The quantitative estimate of drug-likeness (QED) is 0.617. The van der Waals surface area contributed by atoms with Crippen LogP contribution in [-0.4, -0.2) is 70.9 Å². The van der Waals surface area contributed by atoms with E-state index in [0.29, 0.717) is 49.3 Å². The van der Waals surface area contributed by atoms with Crippen molar-refractivity contribution < 1.29 is 18.3 Å². The van der Waals surface area contributed by atoms with Crippen LogP contribution >= 0.6 is 0 Å². The Morgan fingerprint density at radius 2 is 1.82 bits per heavy atom. The zero-order chi connectivity index (χ0) is 23.4. The Bertz CT molecular complexity index is 948. The smallest absolute Gasteiger partial charge is 0.256 e.